The zero-order valence-electron chi connectivity index (χ0n) is 10.2. The molecule has 2 rings (SSSR count). The molecule has 0 amide bonds. The fourth-order valence-corrected chi connectivity index (χ4v) is 1.39. The molecule has 1 heterocycles. The highest BCUT2D eigenvalue weighted by Gasteiger charge is 2.12. The summed E-state index contributed by atoms with van der Waals surface area (Å²) in [6.45, 7) is 0. The first-order chi connectivity index (χ1) is 9.49. The maximum absolute atomic E-state index is 12.9. The lowest BCUT2D eigenvalue weighted by molar-refractivity contribution is 0.0500. The number of nitrogens with zero attached hydrogens (tertiary/aromatic N) is 3. The maximum atomic E-state index is 12.9. The number of oxime groups is 1. The number of benzene rings is 1. The van der Waals surface area contributed by atoms with Gasteiger partial charge in [0.15, 0.2) is 17.5 Å². The van der Waals surface area contributed by atoms with Crippen molar-refractivity contribution < 1.29 is 22.8 Å². The summed E-state index contributed by atoms with van der Waals surface area (Å²) in [6.07, 6.45) is 3.81. The summed E-state index contributed by atoms with van der Waals surface area (Å²) < 4.78 is 39.9. The number of hydrogen-bond donors (Lipinski definition) is 0. The number of halogens is 3. The van der Waals surface area contributed by atoms with E-state index in [0.717, 1.165) is 18.3 Å². The topological polar surface area (TPSA) is 56.5 Å². The van der Waals surface area contributed by atoms with Crippen molar-refractivity contribution in [3.63, 3.8) is 0 Å². The van der Waals surface area contributed by atoms with Gasteiger partial charge in [-0.05, 0) is 12.1 Å². The lowest BCUT2D eigenvalue weighted by Crippen LogP contribution is -2.08. The van der Waals surface area contributed by atoms with Gasteiger partial charge in [0.1, 0.15) is 0 Å². The molecular weight excluding hydrogens is 275 g/mol. The molecule has 0 bridgehead atoms. The third-order valence-corrected chi connectivity index (χ3v) is 2.35. The van der Waals surface area contributed by atoms with Gasteiger partial charge >= 0.3 is 5.97 Å². The summed E-state index contributed by atoms with van der Waals surface area (Å²) in [5.74, 6) is -5.12. The summed E-state index contributed by atoms with van der Waals surface area (Å²) >= 11 is 0. The Balaban J connectivity index is 2.08. The van der Waals surface area contributed by atoms with Crippen molar-refractivity contribution in [2.45, 2.75) is 0 Å². The van der Waals surface area contributed by atoms with E-state index in [1.54, 1.807) is 7.05 Å². The van der Waals surface area contributed by atoms with Crippen LogP contribution in [0.25, 0.3) is 0 Å². The van der Waals surface area contributed by atoms with Crippen LogP contribution in [0.15, 0.2) is 29.7 Å². The Morgan fingerprint density at radius 3 is 2.55 bits per heavy atom. The van der Waals surface area contributed by atoms with E-state index in [-0.39, 0.29) is 11.4 Å². The third-order valence-electron chi connectivity index (χ3n) is 2.35. The standard InChI is InChI=1S/C12H8F3N3O2/c1-18-3-2-16-11(18)12(19)20-17-6-7-4-8(13)10(15)9(14)5-7/h2-6H,1H3. The van der Waals surface area contributed by atoms with Crippen LogP contribution in [0.2, 0.25) is 0 Å². The molecule has 0 spiro atoms. The number of aromatic nitrogens is 2. The monoisotopic (exact) mass is 283 g/mol. The lowest BCUT2D eigenvalue weighted by atomic mass is 10.2. The van der Waals surface area contributed by atoms with Gasteiger partial charge in [0.25, 0.3) is 0 Å². The molecule has 0 aliphatic rings. The number of carbonyl (C=O) groups is 1. The Bertz CT molecular complexity index is 659. The van der Waals surface area contributed by atoms with Crippen molar-refractivity contribution >= 4 is 12.2 Å². The van der Waals surface area contributed by atoms with Gasteiger partial charge in [0.2, 0.25) is 5.82 Å². The van der Waals surface area contributed by atoms with Gasteiger partial charge in [0.05, 0.1) is 6.21 Å². The predicted octanol–water partition coefficient (Wildman–Crippen LogP) is 2.03. The largest absolute Gasteiger partial charge is 0.400 e. The summed E-state index contributed by atoms with van der Waals surface area (Å²) in [6, 6.07) is 1.44. The molecule has 5 nitrogen and oxygen atoms in total. The van der Waals surface area contributed by atoms with Crippen molar-refractivity contribution in [2.24, 2.45) is 12.2 Å². The molecule has 8 heteroatoms. The van der Waals surface area contributed by atoms with E-state index in [1.165, 1.54) is 17.0 Å². The van der Waals surface area contributed by atoms with Crippen LogP contribution in [-0.4, -0.2) is 21.7 Å². The van der Waals surface area contributed by atoms with Gasteiger partial charge in [-0.25, -0.2) is 22.9 Å². The van der Waals surface area contributed by atoms with E-state index in [1.807, 2.05) is 0 Å². The molecule has 1 aromatic heterocycles. The van der Waals surface area contributed by atoms with Crippen LogP contribution in [0.3, 0.4) is 0 Å². The number of carbonyl (C=O) groups excluding carboxylic acids is 1. The van der Waals surface area contributed by atoms with E-state index in [2.05, 4.69) is 15.0 Å². The lowest BCUT2D eigenvalue weighted by Gasteiger charge is -1.99. The highest BCUT2D eigenvalue weighted by Crippen LogP contribution is 2.12. The third kappa shape index (κ3) is 2.85. The molecule has 0 saturated heterocycles. The van der Waals surface area contributed by atoms with Crippen molar-refractivity contribution in [1.29, 1.82) is 0 Å². The molecule has 0 saturated carbocycles. The van der Waals surface area contributed by atoms with E-state index >= 15 is 0 Å². The average molecular weight is 283 g/mol. The molecule has 0 unspecified atom stereocenters. The minimum absolute atomic E-state index is 0.0126. The molecular formula is C12H8F3N3O2. The quantitative estimate of drug-likeness (QED) is 0.375. The molecule has 0 fully saturated rings. The molecule has 1 aromatic carbocycles. The molecule has 0 N–H and O–H groups in total. The van der Waals surface area contributed by atoms with Crippen molar-refractivity contribution in [2.75, 3.05) is 0 Å². The normalized spacial score (nSPS) is 11.0. The van der Waals surface area contributed by atoms with Gasteiger partial charge in [-0.3, -0.25) is 0 Å². The zero-order valence-corrected chi connectivity index (χ0v) is 10.2. The molecule has 2 aromatic rings. The predicted molar refractivity (Wildman–Crippen MR) is 62.5 cm³/mol. The Morgan fingerprint density at radius 2 is 2.00 bits per heavy atom. The molecule has 0 atom stereocenters. The van der Waals surface area contributed by atoms with Crippen LogP contribution >= 0.6 is 0 Å². The number of rotatable bonds is 3. The molecule has 104 valence electrons. The minimum atomic E-state index is -1.58. The summed E-state index contributed by atoms with van der Waals surface area (Å²) in [5, 5.41) is 3.27. The second-order valence-corrected chi connectivity index (χ2v) is 3.77. The van der Waals surface area contributed by atoms with Crippen LogP contribution in [0, 0.1) is 17.5 Å². The molecule has 0 aliphatic carbocycles. The van der Waals surface area contributed by atoms with E-state index in [9.17, 15) is 18.0 Å². The number of aryl methyl sites for hydroxylation is 1. The van der Waals surface area contributed by atoms with E-state index in [4.69, 9.17) is 0 Å². The maximum Gasteiger partial charge on any atom is 0.400 e. The van der Waals surface area contributed by atoms with Gasteiger partial charge in [-0.2, -0.15) is 0 Å². The second-order valence-electron chi connectivity index (χ2n) is 3.77. The molecule has 0 radical (unpaired) electrons. The number of imidazole rings is 1. The van der Waals surface area contributed by atoms with Crippen LogP contribution in [0.4, 0.5) is 13.2 Å². The van der Waals surface area contributed by atoms with Crippen LogP contribution in [-0.2, 0) is 11.9 Å². The van der Waals surface area contributed by atoms with Crippen LogP contribution in [0.5, 0.6) is 0 Å². The highest BCUT2D eigenvalue weighted by molar-refractivity contribution is 5.86. The fraction of sp³-hybridized carbons (Fsp3) is 0.0833. The van der Waals surface area contributed by atoms with Crippen molar-refractivity contribution in [1.82, 2.24) is 9.55 Å². The first-order valence-electron chi connectivity index (χ1n) is 5.35. The summed E-state index contributed by atoms with van der Waals surface area (Å²) in [7, 11) is 1.58. The first-order valence-corrected chi connectivity index (χ1v) is 5.35. The van der Waals surface area contributed by atoms with E-state index < -0.39 is 23.4 Å². The van der Waals surface area contributed by atoms with Crippen LogP contribution < -0.4 is 0 Å². The Hall–Kier alpha value is -2.64. The number of hydrogen-bond acceptors (Lipinski definition) is 4. The van der Waals surface area contributed by atoms with Crippen LogP contribution in [0.1, 0.15) is 16.2 Å². The van der Waals surface area contributed by atoms with E-state index in [0.29, 0.717) is 0 Å². The summed E-state index contributed by atoms with van der Waals surface area (Å²) in [4.78, 5) is 19.7. The SMILES string of the molecule is Cn1ccnc1C(=O)ON=Cc1cc(F)c(F)c(F)c1. The van der Waals surface area contributed by atoms with Gasteiger partial charge in [0, 0.05) is 25.0 Å². The summed E-state index contributed by atoms with van der Waals surface area (Å²) in [5.41, 5.74) is -0.0889. The Labute approximate surface area is 111 Å². The van der Waals surface area contributed by atoms with Crippen molar-refractivity contribution in [3.8, 4) is 0 Å². The second kappa shape index (κ2) is 5.55. The zero-order chi connectivity index (χ0) is 14.7. The van der Waals surface area contributed by atoms with Gasteiger partial charge in [-0.1, -0.05) is 5.16 Å². The van der Waals surface area contributed by atoms with Gasteiger partial charge in [-0.15, -0.1) is 0 Å². The smallest absolute Gasteiger partial charge is 0.328 e. The van der Waals surface area contributed by atoms with Crippen molar-refractivity contribution in [3.05, 3.63) is 53.4 Å². The molecule has 0 aliphatic heterocycles. The Kier molecular flexibility index (Phi) is 3.83. The highest BCUT2D eigenvalue weighted by atomic mass is 19.2. The Morgan fingerprint density at radius 1 is 1.35 bits per heavy atom. The average Bonchev–Trinajstić information content (AvgIpc) is 2.82. The molecule has 20 heavy (non-hydrogen) atoms. The minimum Gasteiger partial charge on any atom is -0.328 e. The van der Waals surface area contributed by atoms with Gasteiger partial charge < -0.3 is 9.40 Å². The fourth-order valence-electron chi connectivity index (χ4n) is 1.39. The first kappa shape index (κ1) is 13.8.